The molecule has 5 N–H and O–H groups in total. The van der Waals surface area contributed by atoms with Gasteiger partial charge in [-0.1, -0.05) is 12.1 Å². The summed E-state index contributed by atoms with van der Waals surface area (Å²) in [4.78, 5) is 11.8. The molecule has 17 heavy (non-hydrogen) atoms. The van der Waals surface area contributed by atoms with Crippen LogP contribution in [0.15, 0.2) is 24.3 Å². The lowest BCUT2D eigenvalue weighted by Crippen LogP contribution is -2.42. The van der Waals surface area contributed by atoms with Gasteiger partial charge in [0.05, 0.1) is 25.2 Å². The highest BCUT2D eigenvalue weighted by atomic mass is 16.3. The van der Waals surface area contributed by atoms with Gasteiger partial charge in [0, 0.05) is 5.69 Å². The highest BCUT2D eigenvalue weighted by molar-refractivity contribution is 5.83. The molecule has 5 nitrogen and oxygen atoms in total. The summed E-state index contributed by atoms with van der Waals surface area (Å²) in [7, 11) is 0. The molecule has 0 radical (unpaired) electrons. The number of hydrogen-bond acceptors (Lipinski definition) is 4. The Balaban J connectivity index is 2.69. The van der Waals surface area contributed by atoms with Crippen LogP contribution in [-0.2, 0) is 4.79 Å². The summed E-state index contributed by atoms with van der Waals surface area (Å²) < 4.78 is 0. The molecule has 1 aromatic carbocycles. The fourth-order valence-electron chi connectivity index (χ4n) is 1.45. The number of anilines is 1. The molecule has 0 saturated carbocycles. The number of hydrogen-bond donors (Lipinski definition) is 4. The summed E-state index contributed by atoms with van der Waals surface area (Å²) in [6.45, 7) is 1.17. The molecule has 94 valence electrons. The van der Waals surface area contributed by atoms with Crippen molar-refractivity contribution in [2.24, 2.45) is 0 Å². The summed E-state index contributed by atoms with van der Waals surface area (Å²) in [6.07, 6.45) is 0. The predicted molar refractivity (Wildman–Crippen MR) is 65.4 cm³/mol. The molecule has 1 unspecified atom stereocenters. The number of benzene rings is 1. The van der Waals surface area contributed by atoms with Crippen molar-refractivity contribution in [1.29, 1.82) is 0 Å². The van der Waals surface area contributed by atoms with E-state index in [1.807, 2.05) is 6.07 Å². The largest absolute Gasteiger partial charge is 0.399 e. The van der Waals surface area contributed by atoms with Crippen molar-refractivity contribution in [3.63, 3.8) is 0 Å². The van der Waals surface area contributed by atoms with Gasteiger partial charge >= 0.3 is 0 Å². The number of nitrogens with one attached hydrogen (secondary N) is 1. The molecule has 1 amide bonds. The van der Waals surface area contributed by atoms with Gasteiger partial charge in [0.25, 0.3) is 0 Å². The summed E-state index contributed by atoms with van der Waals surface area (Å²) in [6, 6.07) is 6.46. The minimum Gasteiger partial charge on any atom is -0.399 e. The molecule has 0 saturated heterocycles. The third kappa shape index (κ3) is 3.72. The molecule has 0 aliphatic rings. The average Bonchev–Trinajstić information content (AvgIpc) is 2.34. The predicted octanol–water partition coefficient (Wildman–Crippen LogP) is -0.158. The molecule has 5 heteroatoms. The van der Waals surface area contributed by atoms with Gasteiger partial charge < -0.3 is 21.3 Å². The van der Waals surface area contributed by atoms with Gasteiger partial charge in [0.15, 0.2) is 0 Å². The molecular weight excluding hydrogens is 220 g/mol. The van der Waals surface area contributed by atoms with E-state index in [9.17, 15) is 4.79 Å². The molecule has 0 aromatic heterocycles. The van der Waals surface area contributed by atoms with Crippen molar-refractivity contribution >= 4 is 11.6 Å². The molecular formula is C12H18N2O3. The maximum atomic E-state index is 11.8. The van der Waals surface area contributed by atoms with E-state index in [-0.39, 0.29) is 25.0 Å². The zero-order valence-corrected chi connectivity index (χ0v) is 9.76. The Bertz CT molecular complexity index is 378. The van der Waals surface area contributed by atoms with Gasteiger partial charge in [-0.2, -0.15) is 0 Å². The SMILES string of the molecule is CC(C(=O)NC(CO)CO)c1cccc(N)c1. The number of amides is 1. The van der Waals surface area contributed by atoms with Crippen LogP contribution < -0.4 is 11.1 Å². The van der Waals surface area contributed by atoms with Crippen molar-refractivity contribution in [3.05, 3.63) is 29.8 Å². The lowest BCUT2D eigenvalue weighted by Gasteiger charge is -2.17. The van der Waals surface area contributed by atoms with E-state index in [0.29, 0.717) is 5.69 Å². The zero-order valence-electron chi connectivity index (χ0n) is 9.76. The van der Waals surface area contributed by atoms with E-state index in [0.717, 1.165) is 5.56 Å². The van der Waals surface area contributed by atoms with E-state index in [2.05, 4.69) is 5.32 Å². The molecule has 1 rings (SSSR count). The summed E-state index contributed by atoms with van der Waals surface area (Å²) in [5.74, 6) is -0.622. The molecule has 0 bridgehead atoms. The van der Waals surface area contributed by atoms with Crippen LogP contribution in [0.3, 0.4) is 0 Å². The lowest BCUT2D eigenvalue weighted by atomic mass is 9.99. The normalized spacial score (nSPS) is 12.5. The first kappa shape index (κ1) is 13.5. The molecule has 0 aliphatic carbocycles. The fourth-order valence-corrected chi connectivity index (χ4v) is 1.45. The van der Waals surface area contributed by atoms with Gasteiger partial charge in [0.1, 0.15) is 0 Å². The molecule has 0 fully saturated rings. The second kappa shape index (κ2) is 6.22. The Morgan fingerprint density at radius 1 is 1.41 bits per heavy atom. The van der Waals surface area contributed by atoms with Crippen molar-refractivity contribution in [3.8, 4) is 0 Å². The molecule has 0 spiro atoms. The number of carbonyl (C=O) groups is 1. The lowest BCUT2D eigenvalue weighted by molar-refractivity contribution is -0.123. The third-order valence-electron chi connectivity index (χ3n) is 2.59. The first-order valence-electron chi connectivity index (χ1n) is 5.46. The fraction of sp³-hybridized carbons (Fsp3) is 0.417. The smallest absolute Gasteiger partial charge is 0.227 e. The van der Waals surface area contributed by atoms with Crippen LogP contribution in [0.25, 0.3) is 0 Å². The van der Waals surface area contributed by atoms with Gasteiger partial charge in [-0.3, -0.25) is 4.79 Å². The maximum absolute atomic E-state index is 11.8. The summed E-state index contributed by atoms with van der Waals surface area (Å²) >= 11 is 0. The Labute approximate surface area is 100 Å². The van der Waals surface area contributed by atoms with Gasteiger partial charge in [-0.15, -0.1) is 0 Å². The van der Waals surface area contributed by atoms with Crippen molar-refractivity contribution in [2.45, 2.75) is 18.9 Å². The highest BCUT2D eigenvalue weighted by Gasteiger charge is 2.18. The molecule has 1 atom stereocenters. The topological polar surface area (TPSA) is 95.6 Å². The van der Waals surface area contributed by atoms with Crippen LogP contribution in [0.5, 0.6) is 0 Å². The molecule has 0 aliphatic heterocycles. The Hall–Kier alpha value is -1.59. The summed E-state index contributed by atoms with van der Waals surface area (Å²) in [5, 5.41) is 20.3. The Morgan fingerprint density at radius 2 is 2.06 bits per heavy atom. The number of carbonyl (C=O) groups excluding carboxylic acids is 1. The molecule has 0 heterocycles. The second-order valence-corrected chi connectivity index (χ2v) is 3.96. The van der Waals surface area contributed by atoms with Crippen LogP contribution >= 0.6 is 0 Å². The monoisotopic (exact) mass is 238 g/mol. The first-order chi connectivity index (χ1) is 8.08. The number of aliphatic hydroxyl groups is 2. The quantitative estimate of drug-likeness (QED) is 0.536. The zero-order chi connectivity index (χ0) is 12.8. The van der Waals surface area contributed by atoms with Crippen molar-refractivity contribution < 1.29 is 15.0 Å². The summed E-state index contributed by atoms with van der Waals surface area (Å²) in [5.41, 5.74) is 7.04. The first-order valence-corrected chi connectivity index (χ1v) is 5.46. The van der Waals surface area contributed by atoms with Crippen LogP contribution in [0.4, 0.5) is 5.69 Å². The minimum atomic E-state index is -0.619. The van der Waals surface area contributed by atoms with Gasteiger partial charge in [-0.25, -0.2) is 0 Å². The van der Waals surface area contributed by atoms with Crippen LogP contribution in [-0.4, -0.2) is 35.4 Å². The van der Waals surface area contributed by atoms with Gasteiger partial charge in [0.2, 0.25) is 5.91 Å². The third-order valence-corrected chi connectivity index (χ3v) is 2.59. The van der Waals surface area contributed by atoms with Crippen molar-refractivity contribution in [1.82, 2.24) is 5.32 Å². The van der Waals surface area contributed by atoms with Crippen molar-refractivity contribution in [2.75, 3.05) is 18.9 Å². The van der Waals surface area contributed by atoms with E-state index >= 15 is 0 Å². The van der Waals surface area contributed by atoms with E-state index in [4.69, 9.17) is 15.9 Å². The van der Waals surface area contributed by atoms with Gasteiger partial charge in [-0.05, 0) is 24.6 Å². The second-order valence-electron chi connectivity index (χ2n) is 3.96. The maximum Gasteiger partial charge on any atom is 0.227 e. The standard InChI is InChI=1S/C12H18N2O3/c1-8(9-3-2-4-10(13)5-9)12(17)14-11(6-15)7-16/h2-5,8,11,15-16H,6-7,13H2,1H3,(H,14,17). The minimum absolute atomic E-state index is 0.247. The van der Waals surface area contributed by atoms with Crippen LogP contribution in [0, 0.1) is 0 Å². The number of nitrogen functional groups attached to an aromatic ring is 1. The molecule has 1 aromatic rings. The highest BCUT2D eigenvalue weighted by Crippen LogP contribution is 2.17. The number of aliphatic hydroxyl groups excluding tert-OH is 2. The van der Waals surface area contributed by atoms with Crippen LogP contribution in [0.2, 0.25) is 0 Å². The van der Waals surface area contributed by atoms with E-state index < -0.39 is 6.04 Å². The Morgan fingerprint density at radius 3 is 2.59 bits per heavy atom. The van der Waals surface area contributed by atoms with E-state index in [1.54, 1.807) is 25.1 Å². The number of rotatable bonds is 5. The number of nitrogens with two attached hydrogens (primary N) is 1. The average molecular weight is 238 g/mol. The van der Waals surface area contributed by atoms with E-state index in [1.165, 1.54) is 0 Å². The van der Waals surface area contributed by atoms with Crippen LogP contribution in [0.1, 0.15) is 18.4 Å². The Kier molecular flexibility index (Phi) is 4.93.